The number of hydrogen-bond acceptors (Lipinski definition) is 3. The summed E-state index contributed by atoms with van der Waals surface area (Å²) in [6, 6.07) is 2.11. The van der Waals surface area contributed by atoms with E-state index in [4.69, 9.17) is 5.73 Å². The molecule has 1 aliphatic rings. The molecule has 0 radical (unpaired) electrons. The van der Waals surface area contributed by atoms with Gasteiger partial charge in [-0.2, -0.15) is 11.8 Å². The molecule has 1 saturated carbocycles. The number of nitrogens with one attached hydrogen (secondary N) is 1. The van der Waals surface area contributed by atoms with Crippen LogP contribution in [0, 0.1) is 11.6 Å². The van der Waals surface area contributed by atoms with Crippen LogP contribution in [-0.4, -0.2) is 23.0 Å². The SMILES string of the molecule is CCSC1CCC(NC(=O)c2c(F)ccc(N)c2F)C1. The van der Waals surface area contributed by atoms with E-state index in [1.54, 1.807) is 0 Å². The van der Waals surface area contributed by atoms with Crippen molar-refractivity contribution in [3.63, 3.8) is 0 Å². The van der Waals surface area contributed by atoms with E-state index >= 15 is 0 Å². The van der Waals surface area contributed by atoms with Crippen molar-refractivity contribution in [1.82, 2.24) is 5.32 Å². The zero-order valence-electron chi connectivity index (χ0n) is 11.3. The number of amides is 1. The molecular formula is C14H18F2N2OS. The minimum Gasteiger partial charge on any atom is -0.396 e. The largest absolute Gasteiger partial charge is 0.396 e. The van der Waals surface area contributed by atoms with E-state index in [0.717, 1.165) is 37.1 Å². The molecule has 0 aromatic heterocycles. The molecule has 0 spiro atoms. The van der Waals surface area contributed by atoms with Gasteiger partial charge in [0.1, 0.15) is 11.4 Å². The normalized spacial score (nSPS) is 21.9. The Morgan fingerprint density at radius 1 is 1.45 bits per heavy atom. The first kappa shape index (κ1) is 15.1. The summed E-state index contributed by atoms with van der Waals surface area (Å²) in [7, 11) is 0. The number of nitrogens with two attached hydrogens (primary N) is 1. The number of halogens is 2. The topological polar surface area (TPSA) is 55.1 Å². The third kappa shape index (κ3) is 3.23. The van der Waals surface area contributed by atoms with Gasteiger partial charge in [0, 0.05) is 11.3 Å². The molecule has 0 heterocycles. The van der Waals surface area contributed by atoms with Crippen molar-refractivity contribution < 1.29 is 13.6 Å². The van der Waals surface area contributed by atoms with Gasteiger partial charge in [0.25, 0.3) is 5.91 Å². The summed E-state index contributed by atoms with van der Waals surface area (Å²) in [5, 5.41) is 3.22. The van der Waals surface area contributed by atoms with Crippen LogP contribution in [0.5, 0.6) is 0 Å². The number of nitrogen functional groups attached to an aromatic ring is 1. The average molecular weight is 300 g/mol. The van der Waals surface area contributed by atoms with Gasteiger partial charge in [-0.05, 0) is 37.1 Å². The molecular weight excluding hydrogens is 282 g/mol. The van der Waals surface area contributed by atoms with Crippen LogP contribution in [-0.2, 0) is 0 Å². The summed E-state index contributed by atoms with van der Waals surface area (Å²) < 4.78 is 27.3. The molecule has 2 atom stereocenters. The third-order valence-electron chi connectivity index (χ3n) is 3.47. The van der Waals surface area contributed by atoms with Gasteiger partial charge < -0.3 is 11.1 Å². The van der Waals surface area contributed by atoms with Gasteiger partial charge in [0.2, 0.25) is 0 Å². The first-order valence-corrected chi connectivity index (χ1v) is 7.73. The number of anilines is 1. The van der Waals surface area contributed by atoms with Gasteiger partial charge in [0.15, 0.2) is 5.82 Å². The highest BCUT2D eigenvalue weighted by atomic mass is 32.2. The fourth-order valence-electron chi connectivity index (χ4n) is 2.49. The van der Waals surface area contributed by atoms with Crippen molar-refractivity contribution in [2.24, 2.45) is 0 Å². The summed E-state index contributed by atoms with van der Waals surface area (Å²) in [6.07, 6.45) is 2.70. The lowest BCUT2D eigenvalue weighted by molar-refractivity contribution is 0.0929. The Morgan fingerprint density at radius 2 is 2.20 bits per heavy atom. The van der Waals surface area contributed by atoms with E-state index in [1.807, 2.05) is 11.8 Å². The van der Waals surface area contributed by atoms with E-state index in [2.05, 4.69) is 12.2 Å². The molecule has 1 aliphatic carbocycles. The Hall–Kier alpha value is -1.30. The number of carbonyl (C=O) groups is 1. The van der Waals surface area contributed by atoms with E-state index in [1.165, 1.54) is 0 Å². The van der Waals surface area contributed by atoms with Crippen LogP contribution in [0.1, 0.15) is 36.5 Å². The predicted molar refractivity (Wildman–Crippen MR) is 77.8 cm³/mol. The average Bonchev–Trinajstić information content (AvgIpc) is 2.82. The highest BCUT2D eigenvalue weighted by molar-refractivity contribution is 7.99. The molecule has 1 amide bonds. The van der Waals surface area contributed by atoms with Crippen LogP contribution < -0.4 is 11.1 Å². The van der Waals surface area contributed by atoms with Gasteiger partial charge in [-0.25, -0.2) is 8.78 Å². The molecule has 1 fully saturated rings. The second kappa shape index (κ2) is 6.43. The highest BCUT2D eigenvalue weighted by Crippen LogP contribution is 2.30. The first-order valence-electron chi connectivity index (χ1n) is 6.68. The van der Waals surface area contributed by atoms with Crippen molar-refractivity contribution in [3.8, 4) is 0 Å². The molecule has 1 aromatic carbocycles. The van der Waals surface area contributed by atoms with Crippen LogP contribution >= 0.6 is 11.8 Å². The van der Waals surface area contributed by atoms with Gasteiger partial charge in [-0.15, -0.1) is 0 Å². The minimum absolute atomic E-state index is 0.0215. The van der Waals surface area contributed by atoms with Gasteiger partial charge in [-0.3, -0.25) is 4.79 Å². The summed E-state index contributed by atoms with van der Waals surface area (Å²) in [6.45, 7) is 2.09. The molecule has 2 rings (SSSR count). The van der Waals surface area contributed by atoms with Gasteiger partial charge in [0.05, 0.1) is 5.69 Å². The standard InChI is InChI=1S/C14H18F2N2OS/c1-2-20-9-4-3-8(7-9)18-14(19)12-10(15)5-6-11(17)13(12)16/h5-6,8-9H,2-4,7,17H2,1H3,(H,18,19). The Labute approximate surface area is 121 Å². The second-order valence-electron chi connectivity index (χ2n) is 4.89. The molecule has 0 aliphatic heterocycles. The van der Waals surface area contributed by atoms with Crippen molar-refractivity contribution >= 4 is 23.4 Å². The maximum atomic E-state index is 13.8. The van der Waals surface area contributed by atoms with Gasteiger partial charge >= 0.3 is 0 Å². The molecule has 20 heavy (non-hydrogen) atoms. The smallest absolute Gasteiger partial charge is 0.257 e. The molecule has 2 unspecified atom stereocenters. The lowest BCUT2D eigenvalue weighted by Crippen LogP contribution is -2.34. The molecule has 0 saturated heterocycles. The first-order chi connectivity index (χ1) is 9.52. The summed E-state index contributed by atoms with van der Waals surface area (Å²) in [5.41, 5.74) is 4.57. The van der Waals surface area contributed by atoms with Gasteiger partial charge in [-0.1, -0.05) is 6.92 Å². The molecule has 3 nitrogen and oxygen atoms in total. The molecule has 3 N–H and O–H groups in total. The summed E-state index contributed by atoms with van der Waals surface area (Å²) in [5.74, 6) is -1.56. The van der Waals surface area contributed by atoms with E-state index in [0.29, 0.717) is 5.25 Å². The van der Waals surface area contributed by atoms with E-state index in [9.17, 15) is 13.6 Å². The zero-order valence-corrected chi connectivity index (χ0v) is 12.1. The summed E-state index contributed by atoms with van der Waals surface area (Å²) in [4.78, 5) is 12.0. The van der Waals surface area contributed by atoms with Crippen LogP contribution in [0.2, 0.25) is 0 Å². The number of carbonyl (C=O) groups excluding carboxylic acids is 1. The van der Waals surface area contributed by atoms with Crippen molar-refractivity contribution in [1.29, 1.82) is 0 Å². The maximum Gasteiger partial charge on any atom is 0.257 e. The highest BCUT2D eigenvalue weighted by Gasteiger charge is 2.28. The Bertz CT molecular complexity index is 510. The molecule has 0 bridgehead atoms. The fourth-order valence-corrected chi connectivity index (χ4v) is 3.64. The Balaban J connectivity index is 2.05. The molecule has 6 heteroatoms. The zero-order chi connectivity index (χ0) is 14.7. The van der Waals surface area contributed by atoms with Crippen molar-refractivity contribution in [2.45, 2.75) is 37.5 Å². The lowest BCUT2D eigenvalue weighted by Gasteiger charge is -2.14. The fraction of sp³-hybridized carbons (Fsp3) is 0.500. The monoisotopic (exact) mass is 300 g/mol. The number of hydrogen-bond donors (Lipinski definition) is 2. The molecule has 1 aromatic rings. The second-order valence-corrected chi connectivity index (χ2v) is 6.46. The third-order valence-corrected chi connectivity index (χ3v) is 4.70. The lowest BCUT2D eigenvalue weighted by atomic mass is 10.1. The Kier molecular flexibility index (Phi) is 4.86. The Morgan fingerprint density at radius 3 is 2.90 bits per heavy atom. The van der Waals surface area contributed by atoms with E-state index in [-0.39, 0.29) is 11.7 Å². The van der Waals surface area contributed by atoms with Crippen LogP contribution in [0.4, 0.5) is 14.5 Å². The predicted octanol–water partition coefficient (Wildman–Crippen LogP) is 2.95. The quantitative estimate of drug-likeness (QED) is 0.841. The number of rotatable bonds is 4. The van der Waals surface area contributed by atoms with Crippen LogP contribution in [0.3, 0.4) is 0 Å². The number of thioether (sulfide) groups is 1. The van der Waals surface area contributed by atoms with E-state index < -0.39 is 23.1 Å². The van der Waals surface area contributed by atoms with Crippen LogP contribution in [0.25, 0.3) is 0 Å². The molecule has 110 valence electrons. The van der Waals surface area contributed by atoms with Crippen molar-refractivity contribution in [2.75, 3.05) is 11.5 Å². The number of benzene rings is 1. The van der Waals surface area contributed by atoms with Crippen molar-refractivity contribution in [3.05, 3.63) is 29.3 Å². The minimum atomic E-state index is -0.986. The summed E-state index contributed by atoms with van der Waals surface area (Å²) >= 11 is 1.85. The van der Waals surface area contributed by atoms with Crippen LogP contribution in [0.15, 0.2) is 12.1 Å². The maximum absolute atomic E-state index is 13.8.